The molecule has 3 heteroatoms. The second kappa shape index (κ2) is 5.90. The summed E-state index contributed by atoms with van der Waals surface area (Å²) in [5.74, 6) is 2.58. The predicted octanol–water partition coefficient (Wildman–Crippen LogP) is 4.84. The molecule has 3 nitrogen and oxygen atoms in total. The molecule has 0 bridgehead atoms. The van der Waals surface area contributed by atoms with E-state index in [1.54, 1.807) is 14.2 Å². The van der Waals surface area contributed by atoms with Crippen molar-refractivity contribution >= 4 is 5.69 Å². The van der Waals surface area contributed by atoms with E-state index in [0.717, 1.165) is 17.9 Å². The number of methoxy groups -OCH3 is 2. The van der Waals surface area contributed by atoms with E-state index in [1.807, 2.05) is 6.07 Å². The summed E-state index contributed by atoms with van der Waals surface area (Å²) in [5, 5.41) is 3.76. The van der Waals surface area contributed by atoms with Crippen molar-refractivity contribution in [3.05, 3.63) is 65.2 Å². The summed E-state index contributed by atoms with van der Waals surface area (Å²) in [6, 6.07) is 13.2. The number of nitrogens with one attached hydrogen (secondary N) is 1. The van der Waals surface area contributed by atoms with Gasteiger partial charge in [0.1, 0.15) is 0 Å². The first-order valence-corrected chi connectivity index (χ1v) is 8.47. The van der Waals surface area contributed by atoms with E-state index in [0.29, 0.717) is 11.8 Å². The molecular weight excluding hydrogens is 298 g/mol. The Kier molecular flexibility index (Phi) is 3.72. The second-order valence-corrected chi connectivity index (χ2v) is 6.68. The van der Waals surface area contributed by atoms with Gasteiger partial charge in [-0.05, 0) is 48.6 Å². The maximum atomic E-state index is 5.50. The zero-order valence-electron chi connectivity index (χ0n) is 14.4. The molecule has 1 aliphatic carbocycles. The maximum absolute atomic E-state index is 5.50. The quantitative estimate of drug-likeness (QED) is 0.821. The Bertz CT molecular complexity index is 796. The van der Waals surface area contributed by atoms with Gasteiger partial charge in [0.15, 0.2) is 11.5 Å². The summed E-state index contributed by atoms with van der Waals surface area (Å²) in [7, 11) is 3.36. The van der Waals surface area contributed by atoms with Crippen molar-refractivity contribution in [2.45, 2.75) is 25.3 Å². The van der Waals surface area contributed by atoms with E-state index in [2.05, 4.69) is 54.7 Å². The summed E-state index contributed by atoms with van der Waals surface area (Å²) in [6.45, 7) is 2.16. The summed E-state index contributed by atoms with van der Waals surface area (Å²) >= 11 is 0. The molecule has 1 N–H and O–H groups in total. The van der Waals surface area contributed by atoms with Gasteiger partial charge >= 0.3 is 0 Å². The lowest BCUT2D eigenvalue weighted by molar-refractivity contribution is 0.353. The Morgan fingerprint density at radius 2 is 1.83 bits per heavy atom. The van der Waals surface area contributed by atoms with E-state index >= 15 is 0 Å². The van der Waals surface area contributed by atoms with Crippen molar-refractivity contribution in [3.63, 3.8) is 0 Å². The standard InChI is InChI=1S/C21H23NO2/c1-13-7-9-18-17(11-13)15-5-4-6-16(15)21(22-18)14-8-10-19(23-2)20(12-14)24-3/h4-5,7-12,15-16,21-22H,6H2,1-3H3. The fraction of sp³-hybridized carbons (Fsp3) is 0.333. The minimum absolute atomic E-state index is 0.278. The van der Waals surface area contributed by atoms with Crippen LogP contribution in [0.15, 0.2) is 48.6 Å². The largest absolute Gasteiger partial charge is 0.493 e. The van der Waals surface area contributed by atoms with Gasteiger partial charge in [0.2, 0.25) is 0 Å². The highest BCUT2D eigenvalue weighted by molar-refractivity contribution is 5.61. The van der Waals surface area contributed by atoms with Gasteiger partial charge in [-0.3, -0.25) is 0 Å². The highest BCUT2D eigenvalue weighted by Crippen LogP contribution is 2.50. The Hall–Kier alpha value is -2.42. The number of rotatable bonds is 3. The molecule has 3 unspecified atom stereocenters. The average molecular weight is 321 g/mol. The normalized spacial score (nSPS) is 24.0. The monoisotopic (exact) mass is 321 g/mol. The van der Waals surface area contributed by atoms with E-state index in [-0.39, 0.29) is 6.04 Å². The highest BCUT2D eigenvalue weighted by atomic mass is 16.5. The highest BCUT2D eigenvalue weighted by Gasteiger charge is 2.38. The molecule has 1 heterocycles. The third kappa shape index (κ3) is 2.35. The van der Waals surface area contributed by atoms with Gasteiger partial charge < -0.3 is 14.8 Å². The first-order valence-electron chi connectivity index (χ1n) is 8.47. The van der Waals surface area contributed by atoms with Crippen LogP contribution in [0.25, 0.3) is 0 Å². The summed E-state index contributed by atoms with van der Waals surface area (Å²) in [4.78, 5) is 0. The van der Waals surface area contributed by atoms with Crippen molar-refractivity contribution in [1.29, 1.82) is 0 Å². The molecule has 124 valence electrons. The van der Waals surface area contributed by atoms with Crippen LogP contribution >= 0.6 is 0 Å². The maximum Gasteiger partial charge on any atom is 0.161 e. The van der Waals surface area contributed by atoms with E-state index in [9.17, 15) is 0 Å². The molecule has 3 atom stereocenters. The van der Waals surface area contributed by atoms with Crippen LogP contribution < -0.4 is 14.8 Å². The Morgan fingerprint density at radius 1 is 1.00 bits per heavy atom. The van der Waals surface area contributed by atoms with Crippen molar-refractivity contribution < 1.29 is 9.47 Å². The lowest BCUT2D eigenvalue weighted by atomic mass is 9.76. The lowest BCUT2D eigenvalue weighted by Gasteiger charge is -2.37. The molecule has 4 rings (SSSR count). The number of aryl methyl sites for hydroxylation is 1. The van der Waals surface area contributed by atoms with Crippen molar-refractivity contribution in [3.8, 4) is 11.5 Å². The predicted molar refractivity (Wildman–Crippen MR) is 97.1 cm³/mol. The van der Waals surface area contributed by atoms with Gasteiger partial charge in [0.05, 0.1) is 20.3 Å². The minimum atomic E-state index is 0.278. The molecule has 0 saturated heterocycles. The van der Waals surface area contributed by atoms with Crippen LogP contribution in [0.4, 0.5) is 5.69 Å². The Balaban J connectivity index is 1.76. The molecule has 24 heavy (non-hydrogen) atoms. The zero-order valence-corrected chi connectivity index (χ0v) is 14.4. The van der Waals surface area contributed by atoms with Crippen molar-refractivity contribution in [1.82, 2.24) is 0 Å². The molecule has 0 aromatic heterocycles. The number of fused-ring (bicyclic) bond motifs is 3. The fourth-order valence-electron chi connectivity index (χ4n) is 4.09. The molecule has 0 saturated carbocycles. The van der Waals surface area contributed by atoms with Crippen LogP contribution in [-0.2, 0) is 0 Å². The van der Waals surface area contributed by atoms with Gasteiger partial charge in [-0.2, -0.15) is 0 Å². The summed E-state index contributed by atoms with van der Waals surface area (Å²) < 4.78 is 10.9. The third-order valence-corrected chi connectivity index (χ3v) is 5.28. The number of benzene rings is 2. The van der Waals surface area contributed by atoms with Gasteiger partial charge in [0, 0.05) is 11.6 Å². The number of allylic oxidation sites excluding steroid dienone is 2. The lowest BCUT2D eigenvalue weighted by Crippen LogP contribution is -2.29. The Labute approximate surface area is 143 Å². The summed E-state index contributed by atoms with van der Waals surface area (Å²) in [5.41, 5.74) is 5.23. The van der Waals surface area contributed by atoms with Crippen LogP contribution in [0.3, 0.4) is 0 Å². The molecule has 2 aromatic carbocycles. The molecule has 2 aliphatic rings. The zero-order chi connectivity index (χ0) is 16.7. The number of anilines is 1. The van der Waals surface area contributed by atoms with Crippen LogP contribution in [0.2, 0.25) is 0 Å². The topological polar surface area (TPSA) is 30.5 Å². The first-order chi connectivity index (χ1) is 11.7. The van der Waals surface area contributed by atoms with Crippen molar-refractivity contribution in [2.75, 3.05) is 19.5 Å². The SMILES string of the molecule is COc1ccc(C2Nc3ccc(C)cc3C3C=CCC32)cc1OC. The van der Waals surface area contributed by atoms with Crippen LogP contribution in [0, 0.1) is 12.8 Å². The van der Waals surface area contributed by atoms with Gasteiger partial charge in [-0.15, -0.1) is 0 Å². The average Bonchev–Trinajstić information content (AvgIpc) is 3.10. The fourth-order valence-corrected chi connectivity index (χ4v) is 4.09. The van der Waals surface area contributed by atoms with Crippen LogP contribution in [-0.4, -0.2) is 14.2 Å². The molecule has 2 aromatic rings. The van der Waals surface area contributed by atoms with Crippen molar-refractivity contribution in [2.24, 2.45) is 5.92 Å². The van der Waals surface area contributed by atoms with E-state index in [1.165, 1.54) is 22.4 Å². The van der Waals surface area contributed by atoms with Gasteiger partial charge in [-0.25, -0.2) is 0 Å². The number of ether oxygens (including phenoxy) is 2. The first kappa shape index (κ1) is 15.1. The number of hydrogen-bond donors (Lipinski definition) is 1. The van der Waals surface area contributed by atoms with E-state index < -0.39 is 0 Å². The van der Waals surface area contributed by atoms with E-state index in [4.69, 9.17) is 9.47 Å². The molecular formula is C21H23NO2. The molecule has 0 radical (unpaired) electrons. The van der Waals surface area contributed by atoms with Crippen LogP contribution in [0.1, 0.15) is 35.1 Å². The second-order valence-electron chi connectivity index (χ2n) is 6.68. The molecule has 0 fully saturated rings. The molecule has 0 amide bonds. The Morgan fingerprint density at radius 3 is 2.62 bits per heavy atom. The summed E-state index contributed by atoms with van der Waals surface area (Å²) in [6.07, 6.45) is 5.80. The smallest absolute Gasteiger partial charge is 0.161 e. The minimum Gasteiger partial charge on any atom is -0.493 e. The van der Waals surface area contributed by atoms with Crippen LogP contribution in [0.5, 0.6) is 11.5 Å². The molecule has 1 aliphatic heterocycles. The number of hydrogen-bond acceptors (Lipinski definition) is 3. The van der Waals surface area contributed by atoms with Gasteiger partial charge in [-0.1, -0.05) is 35.9 Å². The third-order valence-electron chi connectivity index (χ3n) is 5.28. The molecule has 0 spiro atoms. The van der Waals surface area contributed by atoms with Gasteiger partial charge in [0.25, 0.3) is 0 Å².